The van der Waals surface area contributed by atoms with Crippen LogP contribution in [0.3, 0.4) is 0 Å². The molecule has 0 saturated heterocycles. The van der Waals surface area contributed by atoms with E-state index < -0.39 is 0 Å². The molecular formula is C15H22O2. The molecule has 0 aliphatic rings. The Morgan fingerprint density at radius 1 is 1.29 bits per heavy atom. The summed E-state index contributed by atoms with van der Waals surface area (Å²) < 4.78 is 5.58. The topological polar surface area (TPSA) is 26.3 Å². The van der Waals surface area contributed by atoms with Crippen molar-refractivity contribution in [3.8, 4) is 5.75 Å². The smallest absolute Gasteiger partial charge is 0.163 e. The van der Waals surface area contributed by atoms with Crippen molar-refractivity contribution in [2.75, 3.05) is 0 Å². The van der Waals surface area contributed by atoms with Gasteiger partial charge >= 0.3 is 0 Å². The van der Waals surface area contributed by atoms with Crippen LogP contribution < -0.4 is 4.74 Å². The third-order valence-corrected chi connectivity index (χ3v) is 2.22. The van der Waals surface area contributed by atoms with E-state index in [4.69, 9.17) is 4.74 Å². The lowest BCUT2D eigenvalue weighted by atomic mass is 9.88. The normalized spacial score (nSPS) is 11.6. The van der Waals surface area contributed by atoms with Crippen molar-refractivity contribution in [1.29, 1.82) is 0 Å². The van der Waals surface area contributed by atoms with Crippen LogP contribution in [-0.2, 0) is 0 Å². The van der Waals surface area contributed by atoms with Crippen molar-refractivity contribution >= 4 is 5.78 Å². The van der Waals surface area contributed by atoms with Gasteiger partial charge in [0.05, 0.1) is 6.10 Å². The van der Waals surface area contributed by atoms with E-state index in [1.54, 1.807) is 0 Å². The van der Waals surface area contributed by atoms with Gasteiger partial charge in [0.1, 0.15) is 5.75 Å². The van der Waals surface area contributed by atoms with E-state index in [-0.39, 0.29) is 17.3 Å². The summed E-state index contributed by atoms with van der Waals surface area (Å²) in [5, 5.41) is 0. The molecule has 0 fully saturated rings. The first-order valence-corrected chi connectivity index (χ1v) is 6.08. The molecule has 0 unspecified atom stereocenters. The van der Waals surface area contributed by atoms with Crippen molar-refractivity contribution in [3.05, 3.63) is 29.8 Å². The molecule has 94 valence electrons. The van der Waals surface area contributed by atoms with E-state index in [1.807, 2.05) is 38.1 Å². The minimum atomic E-state index is 0.0198. The summed E-state index contributed by atoms with van der Waals surface area (Å²) in [5.41, 5.74) is 0.754. The first-order chi connectivity index (χ1) is 7.78. The van der Waals surface area contributed by atoms with Crippen molar-refractivity contribution in [3.63, 3.8) is 0 Å². The number of carbonyl (C=O) groups excluding carboxylic acids is 1. The Kier molecular flexibility index (Phi) is 4.33. The summed E-state index contributed by atoms with van der Waals surface area (Å²) in [6.45, 7) is 10.2. The first-order valence-electron chi connectivity index (χ1n) is 6.08. The lowest BCUT2D eigenvalue weighted by Gasteiger charge is -2.17. The molecule has 2 nitrogen and oxygen atoms in total. The molecule has 2 heteroatoms. The maximum atomic E-state index is 12.0. The number of ether oxygens (including phenoxy) is 1. The van der Waals surface area contributed by atoms with Crippen LogP contribution in [0.5, 0.6) is 5.75 Å². The fourth-order valence-electron chi connectivity index (χ4n) is 1.60. The summed E-state index contributed by atoms with van der Waals surface area (Å²) in [7, 11) is 0. The summed E-state index contributed by atoms with van der Waals surface area (Å²) in [5.74, 6) is 0.937. The molecule has 0 N–H and O–H groups in total. The molecule has 0 aliphatic carbocycles. The second-order valence-electron chi connectivity index (χ2n) is 5.86. The highest BCUT2D eigenvalue weighted by Gasteiger charge is 2.17. The Balaban J connectivity index is 2.81. The number of carbonyl (C=O) groups is 1. The minimum absolute atomic E-state index is 0.0198. The van der Waals surface area contributed by atoms with E-state index in [2.05, 4.69) is 20.8 Å². The zero-order chi connectivity index (χ0) is 13.1. The van der Waals surface area contributed by atoms with Gasteiger partial charge < -0.3 is 4.74 Å². The lowest BCUT2D eigenvalue weighted by molar-refractivity contribution is 0.0939. The fourth-order valence-corrected chi connectivity index (χ4v) is 1.60. The van der Waals surface area contributed by atoms with Gasteiger partial charge in [-0.05, 0) is 31.4 Å². The Hall–Kier alpha value is -1.31. The van der Waals surface area contributed by atoms with Gasteiger partial charge in [-0.2, -0.15) is 0 Å². The third-order valence-electron chi connectivity index (χ3n) is 2.22. The molecule has 0 aromatic heterocycles. The van der Waals surface area contributed by atoms with E-state index in [9.17, 15) is 4.79 Å². The number of ketones is 1. The van der Waals surface area contributed by atoms with Crippen LogP contribution in [-0.4, -0.2) is 11.9 Å². The second kappa shape index (κ2) is 5.35. The highest BCUT2D eigenvalue weighted by atomic mass is 16.5. The molecule has 0 saturated carbocycles. The van der Waals surface area contributed by atoms with Crippen LogP contribution in [0.25, 0.3) is 0 Å². The molecule has 1 rings (SSSR count). The molecule has 17 heavy (non-hydrogen) atoms. The van der Waals surface area contributed by atoms with Crippen molar-refractivity contribution in [1.82, 2.24) is 0 Å². The number of Topliss-reactive ketones (excluding diaryl/α,β-unsaturated/α-hetero) is 1. The molecule has 0 bridgehead atoms. The minimum Gasteiger partial charge on any atom is -0.491 e. The van der Waals surface area contributed by atoms with Crippen LogP contribution in [0, 0.1) is 5.41 Å². The van der Waals surface area contributed by atoms with Crippen LogP contribution >= 0.6 is 0 Å². The fraction of sp³-hybridized carbons (Fsp3) is 0.533. The van der Waals surface area contributed by atoms with E-state index in [0.29, 0.717) is 6.42 Å². The van der Waals surface area contributed by atoms with E-state index >= 15 is 0 Å². The molecular weight excluding hydrogens is 212 g/mol. The van der Waals surface area contributed by atoms with Crippen LogP contribution in [0.1, 0.15) is 51.4 Å². The monoisotopic (exact) mass is 234 g/mol. The van der Waals surface area contributed by atoms with Crippen LogP contribution in [0.4, 0.5) is 0 Å². The second-order valence-corrected chi connectivity index (χ2v) is 5.86. The maximum absolute atomic E-state index is 12.0. The van der Waals surface area contributed by atoms with E-state index in [1.165, 1.54) is 0 Å². The summed E-state index contributed by atoms with van der Waals surface area (Å²) in [4.78, 5) is 12.0. The Morgan fingerprint density at radius 2 is 1.94 bits per heavy atom. The number of hydrogen-bond donors (Lipinski definition) is 0. The highest BCUT2D eigenvalue weighted by molar-refractivity contribution is 5.96. The summed E-state index contributed by atoms with van der Waals surface area (Å²) in [6.07, 6.45) is 0.681. The molecule has 1 aromatic rings. The zero-order valence-electron chi connectivity index (χ0n) is 11.4. The van der Waals surface area contributed by atoms with Gasteiger partial charge in [0.15, 0.2) is 5.78 Å². The number of hydrogen-bond acceptors (Lipinski definition) is 2. The molecule has 0 atom stereocenters. The van der Waals surface area contributed by atoms with E-state index in [0.717, 1.165) is 11.3 Å². The first kappa shape index (κ1) is 13.8. The van der Waals surface area contributed by atoms with Gasteiger partial charge in [-0.15, -0.1) is 0 Å². The van der Waals surface area contributed by atoms with Gasteiger partial charge in [0, 0.05) is 12.0 Å². The molecule has 0 heterocycles. The SMILES string of the molecule is CC(C)Oc1cccc(C(=O)CC(C)(C)C)c1. The van der Waals surface area contributed by atoms with Gasteiger partial charge in [0.25, 0.3) is 0 Å². The zero-order valence-corrected chi connectivity index (χ0v) is 11.4. The van der Waals surface area contributed by atoms with Crippen LogP contribution in [0.15, 0.2) is 24.3 Å². The number of rotatable bonds is 4. The molecule has 1 aromatic carbocycles. The lowest BCUT2D eigenvalue weighted by Crippen LogP contribution is -2.13. The van der Waals surface area contributed by atoms with Gasteiger partial charge in [-0.3, -0.25) is 4.79 Å². The Morgan fingerprint density at radius 3 is 2.47 bits per heavy atom. The van der Waals surface area contributed by atoms with Crippen molar-refractivity contribution < 1.29 is 9.53 Å². The quantitative estimate of drug-likeness (QED) is 0.733. The Bertz CT molecular complexity index is 386. The largest absolute Gasteiger partial charge is 0.491 e. The van der Waals surface area contributed by atoms with Gasteiger partial charge in [-0.25, -0.2) is 0 Å². The van der Waals surface area contributed by atoms with Crippen molar-refractivity contribution in [2.24, 2.45) is 5.41 Å². The highest BCUT2D eigenvalue weighted by Crippen LogP contribution is 2.23. The third kappa shape index (κ3) is 5.03. The molecule has 0 spiro atoms. The number of benzene rings is 1. The van der Waals surface area contributed by atoms with Crippen molar-refractivity contribution in [2.45, 2.75) is 47.1 Å². The predicted molar refractivity (Wildman–Crippen MR) is 70.6 cm³/mol. The standard InChI is InChI=1S/C15H22O2/c1-11(2)17-13-8-6-7-12(9-13)14(16)10-15(3,4)5/h6-9,11H,10H2,1-5H3. The molecule has 0 amide bonds. The van der Waals surface area contributed by atoms with Crippen LogP contribution in [0.2, 0.25) is 0 Å². The maximum Gasteiger partial charge on any atom is 0.163 e. The average Bonchev–Trinajstić information content (AvgIpc) is 2.14. The summed E-state index contributed by atoms with van der Waals surface area (Å²) in [6, 6.07) is 7.43. The van der Waals surface area contributed by atoms with Gasteiger partial charge in [-0.1, -0.05) is 32.9 Å². The molecule has 0 radical (unpaired) electrons. The van der Waals surface area contributed by atoms with Gasteiger partial charge in [0.2, 0.25) is 0 Å². The molecule has 0 aliphatic heterocycles. The summed E-state index contributed by atoms with van der Waals surface area (Å²) >= 11 is 0. The average molecular weight is 234 g/mol. The Labute approximate surface area is 104 Å². The predicted octanol–water partition coefficient (Wildman–Crippen LogP) is 4.09.